The maximum atomic E-state index is 11.1. The number of aliphatic carboxylic acids is 1. The Morgan fingerprint density at radius 1 is 1.53 bits per heavy atom. The first kappa shape index (κ1) is 13.2. The van der Waals surface area contributed by atoms with E-state index in [0.29, 0.717) is 18.1 Å². The van der Waals surface area contributed by atoms with Gasteiger partial charge in [0, 0.05) is 6.07 Å². The molecule has 1 aromatic rings. The van der Waals surface area contributed by atoms with Gasteiger partial charge in [-0.1, -0.05) is 13.8 Å². The molecule has 1 heterocycles. The molecule has 0 bridgehead atoms. The van der Waals surface area contributed by atoms with Crippen LogP contribution in [0.15, 0.2) is 12.4 Å². The summed E-state index contributed by atoms with van der Waals surface area (Å²) in [5.41, 5.74) is 0. The zero-order valence-corrected chi connectivity index (χ0v) is 10.2. The molecule has 0 radical (unpaired) electrons. The lowest BCUT2D eigenvalue weighted by Gasteiger charge is -2.16. The van der Waals surface area contributed by atoms with Crippen LogP contribution in [-0.4, -0.2) is 34.2 Å². The van der Waals surface area contributed by atoms with Crippen LogP contribution in [0.25, 0.3) is 0 Å². The number of hydrogen-bond donors (Lipinski definition) is 2. The van der Waals surface area contributed by atoms with E-state index in [1.807, 2.05) is 13.8 Å². The first-order chi connectivity index (χ1) is 8.02. The Bertz CT molecular complexity index is 382. The van der Waals surface area contributed by atoms with Gasteiger partial charge < -0.3 is 15.2 Å². The van der Waals surface area contributed by atoms with Crippen LogP contribution in [0.5, 0.6) is 5.88 Å². The smallest absolute Gasteiger partial charge is 0.326 e. The highest BCUT2D eigenvalue weighted by Crippen LogP contribution is 2.14. The molecular formula is C11H17N3O3. The topological polar surface area (TPSA) is 84.3 Å². The normalized spacial score (nSPS) is 12.2. The fourth-order valence-corrected chi connectivity index (χ4v) is 1.40. The predicted octanol–water partition coefficient (Wildman–Crippen LogP) is 1.40. The third-order valence-corrected chi connectivity index (χ3v) is 2.18. The Morgan fingerprint density at radius 2 is 2.24 bits per heavy atom. The number of methoxy groups -OCH3 is 1. The van der Waals surface area contributed by atoms with Crippen LogP contribution in [0, 0.1) is 5.92 Å². The highest BCUT2D eigenvalue weighted by Gasteiger charge is 2.19. The van der Waals surface area contributed by atoms with Gasteiger partial charge in [0.15, 0.2) is 0 Å². The lowest BCUT2D eigenvalue weighted by atomic mass is 10.0. The Hall–Kier alpha value is -1.85. The van der Waals surface area contributed by atoms with Gasteiger partial charge in [0.05, 0.1) is 7.11 Å². The van der Waals surface area contributed by atoms with Crippen LogP contribution >= 0.6 is 0 Å². The molecule has 0 spiro atoms. The Labute approximate surface area is 100 Å². The molecule has 0 aromatic carbocycles. The quantitative estimate of drug-likeness (QED) is 0.780. The van der Waals surface area contributed by atoms with Crippen molar-refractivity contribution < 1.29 is 14.6 Å². The second-order valence-corrected chi connectivity index (χ2v) is 4.11. The SMILES string of the molecule is COc1cc(N[C@@H](CC(C)C)C(=O)O)ncn1. The van der Waals surface area contributed by atoms with E-state index in [2.05, 4.69) is 15.3 Å². The Balaban J connectivity index is 2.74. The van der Waals surface area contributed by atoms with Crippen LogP contribution in [0.1, 0.15) is 20.3 Å². The largest absolute Gasteiger partial charge is 0.481 e. The Morgan fingerprint density at radius 3 is 2.76 bits per heavy atom. The molecule has 6 nitrogen and oxygen atoms in total. The molecule has 0 aliphatic heterocycles. The number of nitrogens with one attached hydrogen (secondary N) is 1. The van der Waals surface area contributed by atoms with Gasteiger partial charge in [-0.05, 0) is 12.3 Å². The third kappa shape index (κ3) is 4.26. The average molecular weight is 239 g/mol. The first-order valence-corrected chi connectivity index (χ1v) is 5.38. The minimum Gasteiger partial charge on any atom is -0.481 e. The number of anilines is 1. The van der Waals surface area contributed by atoms with Gasteiger partial charge in [-0.25, -0.2) is 14.8 Å². The van der Waals surface area contributed by atoms with Crippen LogP contribution in [0.3, 0.4) is 0 Å². The summed E-state index contributed by atoms with van der Waals surface area (Å²) in [5.74, 6) is 0.240. The van der Waals surface area contributed by atoms with Gasteiger partial charge in [0.2, 0.25) is 5.88 Å². The summed E-state index contributed by atoms with van der Waals surface area (Å²) in [4.78, 5) is 18.9. The number of rotatable bonds is 6. The summed E-state index contributed by atoms with van der Waals surface area (Å²) in [6, 6.07) is 0.908. The lowest BCUT2D eigenvalue weighted by Crippen LogP contribution is -2.31. The second kappa shape index (κ2) is 6.03. The molecule has 1 rings (SSSR count). The number of nitrogens with zero attached hydrogens (tertiary/aromatic N) is 2. The number of carboxylic acids is 1. The molecule has 0 fully saturated rings. The van der Waals surface area contributed by atoms with Crippen molar-refractivity contribution >= 4 is 11.8 Å². The summed E-state index contributed by atoms with van der Waals surface area (Å²) in [5, 5.41) is 11.9. The lowest BCUT2D eigenvalue weighted by molar-refractivity contribution is -0.138. The molecule has 2 N–H and O–H groups in total. The molecule has 1 aromatic heterocycles. The predicted molar refractivity (Wildman–Crippen MR) is 63.1 cm³/mol. The van der Waals surface area contributed by atoms with Gasteiger partial charge in [-0.2, -0.15) is 0 Å². The number of carboxylic acid groups (broad SMARTS) is 1. The summed E-state index contributed by atoms with van der Waals surface area (Å²) in [6.07, 6.45) is 1.86. The summed E-state index contributed by atoms with van der Waals surface area (Å²) in [7, 11) is 1.49. The van der Waals surface area contributed by atoms with Crippen LogP contribution in [0.2, 0.25) is 0 Å². The number of aromatic nitrogens is 2. The molecular weight excluding hydrogens is 222 g/mol. The monoisotopic (exact) mass is 239 g/mol. The molecule has 17 heavy (non-hydrogen) atoms. The third-order valence-electron chi connectivity index (χ3n) is 2.18. The molecule has 0 saturated heterocycles. The average Bonchev–Trinajstić information content (AvgIpc) is 2.27. The van der Waals surface area contributed by atoms with Gasteiger partial charge in [-0.3, -0.25) is 0 Å². The van der Waals surface area contributed by atoms with Gasteiger partial charge in [0.1, 0.15) is 18.2 Å². The molecule has 0 saturated carbocycles. The van der Waals surface area contributed by atoms with Crippen molar-refractivity contribution in [1.82, 2.24) is 9.97 Å². The molecule has 0 aliphatic carbocycles. The van der Waals surface area contributed by atoms with E-state index >= 15 is 0 Å². The first-order valence-electron chi connectivity index (χ1n) is 5.38. The van der Waals surface area contributed by atoms with Crippen molar-refractivity contribution in [1.29, 1.82) is 0 Å². The fourth-order valence-electron chi connectivity index (χ4n) is 1.40. The van der Waals surface area contributed by atoms with Gasteiger partial charge in [0.25, 0.3) is 0 Å². The highest BCUT2D eigenvalue weighted by atomic mass is 16.5. The number of carbonyl (C=O) groups is 1. The molecule has 0 aliphatic rings. The minimum atomic E-state index is -0.892. The van der Waals surface area contributed by atoms with Crippen LogP contribution in [-0.2, 0) is 4.79 Å². The summed E-state index contributed by atoms with van der Waals surface area (Å²) < 4.78 is 4.94. The van der Waals surface area contributed by atoms with Crippen LogP contribution in [0.4, 0.5) is 5.82 Å². The van der Waals surface area contributed by atoms with Crippen molar-refractivity contribution in [2.75, 3.05) is 12.4 Å². The maximum absolute atomic E-state index is 11.1. The van der Waals surface area contributed by atoms with Crippen molar-refractivity contribution in [3.05, 3.63) is 12.4 Å². The number of hydrogen-bond acceptors (Lipinski definition) is 5. The van der Waals surface area contributed by atoms with Crippen molar-refractivity contribution in [2.45, 2.75) is 26.3 Å². The van der Waals surface area contributed by atoms with Crippen LogP contribution < -0.4 is 10.1 Å². The van der Waals surface area contributed by atoms with E-state index in [9.17, 15) is 4.79 Å². The van der Waals surface area contributed by atoms with E-state index in [1.54, 1.807) is 6.07 Å². The maximum Gasteiger partial charge on any atom is 0.326 e. The van der Waals surface area contributed by atoms with Crippen molar-refractivity contribution in [2.24, 2.45) is 5.92 Å². The molecule has 0 unspecified atom stereocenters. The summed E-state index contributed by atoms with van der Waals surface area (Å²) >= 11 is 0. The molecule has 0 amide bonds. The van der Waals surface area contributed by atoms with E-state index in [1.165, 1.54) is 13.4 Å². The van der Waals surface area contributed by atoms with E-state index < -0.39 is 12.0 Å². The van der Waals surface area contributed by atoms with E-state index in [0.717, 1.165) is 0 Å². The molecule has 94 valence electrons. The van der Waals surface area contributed by atoms with Crippen molar-refractivity contribution in [3.8, 4) is 5.88 Å². The summed E-state index contributed by atoms with van der Waals surface area (Å²) in [6.45, 7) is 3.94. The zero-order chi connectivity index (χ0) is 12.8. The van der Waals surface area contributed by atoms with Gasteiger partial charge >= 0.3 is 5.97 Å². The minimum absolute atomic E-state index is 0.285. The van der Waals surface area contributed by atoms with Crippen molar-refractivity contribution in [3.63, 3.8) is 0 Å². The molecule has 1 atom stereocenters. The highest BCUT2D eigenvalue weighted by molar-refractivity contribution is 5.76. The zero-order valence-electron chi connectivity index (χ0n) is 10.2. The molecule has 6 heteroatoms. The van der Waals surface area contributed by atoms with Gasteiger partial charge in [-0.15, -0.1) is 0 Å². The second-order valence-electron chi connectivity index (χ2n) is 4.11. The fraction of sp³-hybridized carbons (Fsp3) is 0.545. The van der Waals surface area contributed by atoms with E-state index in [-0.39, 0.29) is 5.92 Å². The number of ether oxygens (including phenoxy) is 1. The van der Waals surface area contributed by atoms with E-state index in [4.69, 9.17) is 9.84 Å². The standard InChI is InChI=1S/C11H17N3O3/c1-7(2)4-8(11(15)16)14-9-5-10(17-3)13-6-12-9/h5-8H,4H2,1-3H3,(H,15,16)(H,12,13,14)/t8-/m0/s1. The Kier molecular flexibility index (Phi) is 4.68.